The van der Waals surface area contributed by atoms with Crippen LogP contribution in [-0.2, 0) is 10.9 Å². The first kappa shape index (κ1) is 26.1. The van der Waals surface area contributed by atoms with Crippen molar-refractivity contribution in [3.8, 4) is 0 Å². The van der Waals surface area contributed by atoms with Crippen molar-refractivity contribution < 1.29 is 27.5 Å². The van der Waals surface area contributed by atoms with E-state index in [1.54, 1.807) is 43.9 Å². The molecular formula is C23H24Cl2F3N3O3. The van der Waals surface area contributed by atoms with Gasteiger partial charge in [0.1, 0.15) is 11.3 Å². The number of pyridine rings is 1. The minimum atomic E-state index is -4.55. The van der Waals surface area contributed by atoms with Gasteiger partial charge in [0.15, 0.2) is 0 Å². The van der Waals surface area contributed by atoms with Crippen LogP contribution in [-0.4, -0.2) is 46.6 Å². The fourth-order valence-electron chi connectivity index (χ4n) is 3.64. The first-order valence-corrected chi connectivity index (χ1v) is 11.3. The van der Waals surface area contributed by atoms with Crippen LogP contribution in [0.5, 0.6) is 0 Å². The largest absolute Gasteiger partial charge is 0.444 e. The number of rotatable bonds is 3. The molecule has 0 radical (unpaired) electrons. The zero-order valence-electron chi connectivity index (χ0n) is 18.7. The molecule has 1 N–H and O–H groups in total. The van der Waals surface area contributed by atoms with E-state index in [9.17, 15) is 22.8 Å². The Balaban J connectivity index is 1.82. The SMILES string of the molecule is CC(C)(C)OC(=O)N1CC[C@@H](NC(=O)c2ccc(C(F)(F)F)cn2)[C@H](c2ccc(Cl)c(Cl)c2)C1. The third-order valence-electron chi connectivity index (χ3n) is 5.28. The van der Waals surface area contributed by atoms with Crippen LogP contribution in [0.25, 0.3) is 0 Å². The number of amides is 2. The van der Waals surface area contributed by atoms with Crippen LogP contribution in [0.3, 0.4) is 0 Å². The van der Waals surface area contributed by atoms with Crippen molar-refractivity contribution in [1.29, 1.82) is 0 Å². The van der Waals surface area contributed by atoms with Gasteiger partial charge in [0.2, 0.25) is 0 Å². The van der Waals surface area contributed by atoms with Crippen molar-refractivity contribution in [1.82, 2.24) is 15.2 Å². The van der Waals surface area contributed by atoms with Crippen molar-refractivity contribution in [2.24, 2.45) is 0 Å². The molecular weight excluding hydrogens is 494 g/mol. The molecule has 0 bridgehead atoms. The summed E-state index contributed by atoms with van der Waals surface area (Å²) >= 11 is 12.2. The lowest BCUT2D eigenvalue weighted by Gasteiger charge is -2.39. The number of nitrogens with one attached hydrogen (secondary N) is 1. The van der Waals surface area contributed by atoms with Crippen molar-refractivity contribution in [2.45, 2.75) is 50.9 Å². The molecule has 0 spiro atoms. The van der Waals surface area contributed by atoms with E-state index < -0.39 is 35.4 Å². The van der Waals surface area contributed by atoms with Crippen LogP contribution >= 0.6 is 23.2 Å². The van der Waals surface area contributed by atoms with E-state index in [1.807, 2.05) is 0 Å². The topological polar surface area (TPSA) is 71.5 Å². The van der Waals surface area contributed by atoms with Crippen LogP contribution < -0.4 is 5.32 Å². The molecule has 0 saturated carbocycles. The molecule has 1 saturated heterocycles. The Morgan fingerprint density at radius 3 is 2.38 bits per heavy atom. The van der Waals surface area contributed by atoms with Gasteiger partial charge in [0.25, 0.3) is 5.91 Å². The number of ether oxygens (including phenoxy) is 1. The van der Waals surface area contributed by atoms with Gasteiger partial charge in [-0.3, -0.25) is 9.78 Å². The summed E-state index contributed by atoms with van der Waals surface area (Å²) in [6, 6.07) is 6.45. The van der Waals surface area contributed by atoms with Gasteiger partial charge in [0, 0.05) is 31.2 Å². The third-order valence-corrected chi connectivity index (χ3v) is 6.02. The molecule has 34 heavy (non-hydrogen) atoms. The normalized spacial score (nSPS) is 19.0. The van der Waals surface area contributed by atoms with E-state index in [4.69, 9.17) is 27.9 Å². The summed E-state index contributed by atoms with van der Waals surface area (Å²) in [4.78, 5) is 30.6. The Bertz CT molecular complexity index is 1060. The van der Waals surface area contributed by atoms with Gasteiger partial charge in [-0.05, 0) is 57.0 Å². The number of halogens is 5. The molecule has 0 aliphatic carbocycles. The quantitative estimate of drug-likeness (QED) is 0.547. The van der Waals surface area contributed by atoms with Crippen LogP contribution in [0.15, 0.2) is 36.5 Å². The zero-order chi connectivity index (χ0) is 25.3. The van der Waals surface area contributed by atoms with Gasteiger partial charge in [-0.1, -0.05) is 29.3 Å². The van der Waals surface area contributed by atoms with Crippen LogP contribution in [0.4, 0.5) is 18.0 Å². The molecule has 1 aromatic heterocycles. The van der Waals surface area contributed by atoms with E-state index in [0.717, 1.165) is 17.7 Å². The molecule has 2 aromatic rings. The zero-order valence-corrected chi connectivity index (χ0v) is 20.3. The highest BCUT2D eigenvalue weighted by Gasteiger charge is 2.36. The first-order valence-electron chi connectivity index (χ1n) is 10.5. The van der Waals surface area contributed by atoms with Crippen molar-refractivity contribution in [2.75, 3.05) is 13.1 Å². The van der Waals surface area contributed by atoms with Gasteiger partial charge >= 0.3 is 12.3 Å². The minimum Gasteiger partial charge on any atom is -0.444 e. The van der Waals surface area contributed by atoms with Gasteiger partial charge < -0.3 is 15.0 Å². The number of piperidine rings is 1. The Labute approximate surface area is 205 Å². The molecule has 1 fully saturated rings. The summed E-state index contributed by atoms with van der Waals surface area (Å²) in [7, 11) is 0. The van der Waals surface area contributed by atoms with Crippen LogP contribution in [0.1, 0.15) is 54.7 Å². The summed E-state index contributed by atoms with van der Waals surface area (Å²) in [6.07, 6.45) is -4.02. The molecule has 3 rings (SSSR count). The number of carbonyl (C=O) groups is 2. The second-order valence-corrected chi connectivity index (χ2v) is 9.82. The molecule has 1 aromatic carbocycles. The second-order valence-electron chi connectivity index (χ2n) is 9.00. The highest BCUT2D eigenvalue weighted by atomic mass is 35.5. The van der Waals surface area contributed by atoms with E-state index in [0.29, 0.717) is 29.2 Å². The molecule has 2 heterocycles. The van der Waals surface area contributed by atoms with E-state index in [1.165, 1.54) is 0 Å². The molecule has 0 unspecified atom stereocenters. The Morgan fingerprint density at radius 2 is 1.82 bits per heavy atom. The number of alkyl halides is 3. The predicted molar refractivity (Wildman–Crippen MR) is 122 cm³/mol. The average Bonchev–Trinajstić information content (AvgIpc) is 2.74. The number of hydrogen-bond donors (Lipinski definition) is 1. The highest BCUT2D eigenvalue weighted by molar-refractivity contribution is 6.42. The lowest BCUT2D eigenvalue weighted by atomic mass is 9.86. The number of nitrogens with zero attached hydrogens (tertiary/aromatic N) is 2. The number of aromatic nitrogens is 1. The maximum Gasteiger partial charge on any atom is 0.417 e. The van der Waals surface area contributed by atoms with Gasteiger partial charge in [-0.2, -0.15) is 13.2 Å². The number of carbonyl (C=O) groups excluding carboxylic acids is 2. The third kappa shape index (κ3) is 6.54. The van der Waals surface area contributed by atoms with E-state index in [-0.39, 0.29) is 18.2 Å². The van der Waals surface area contributed by atoms with Gasteiger partial charge in [0.05, 0.1) is 15.6 Å². The summed E-state index contributed by atoms with van der Waals surface area (Å²) in [6.45, 7) is 5.86. The summed E-state index contributed by atoms with van der Waals surface area (Å²) < 4.78 is 43.9. The molecule has 6 nitrogen and oxygen atoms in total. The van der Waals surface area contributed by atoms with Gasteiger partial charge in [-0.15, -0.1) is 0 Å². The lowest BCUT2D eigenvalue weighted by Crippen LogP contribution is -2.52. The van der Waals surface area contributed by atoms with E-state index in [2.05, 4.69) is 10.3 Å². The van der Waals surface area contributed by atoms with Crippen LogP contribution in [0, 0.1) is 0 Å². The van der Waals surface area contributed by atoms with Gasteiger partial charge in [-0.25, -0.2) is 4.79 Å². The number of benzene rings is 1. The number of hydrogen-bond acceptors (Lipinski definition) is 4. The Morgan fingerprint density at radius 1 is 1.12 bits per heavy atom. The smallest absolute Gasteiger partial charge is 0.417 e. The molecule has 1 aliphatic rings. The summed E-state index contributed by atoms with van der Waals surface area (Å²) in [5, 5.41) is 3.53. The molecule has 2 amide bonds. The summed E-state index contributed by atoms with van der Waals surface area (Å²) in [5.74, 6) is -0.982. The Hall–Kier alpha value is -2.52. The predicted octanol–water partition coefficient (Wildman–Crippen LogP) is 5.93. The molecule has 11 heteroatoms. The fraction of sp³-hybridized carbons (Fsp3) is 0.435. The first-order chi connectivity index (χ1) is 15.7. The summed E-state index contributed by atoms with van der Waals surface area (Å²) in [5.41, 5.74) is -1.01. The maximum atomic E-state index is 12.8. The molecule has 2 atom stereocenters. The van der Waals surface area contributed by atoms with Crippen molar-refractivity contribution in [3.63, 3.8) is 0 Å². The van der Waals surface area contributed by atoms with Crippen molar-refractivity contribution in [3.05, 3.63) is 63.4 Å². The lowest BCUT2D eigenvalue weighted by molar-refractivity contribution is -0.137. The van der Waals surface area contributed by atoms with Crippen LogP contribution in [0.2, 0.25) is 10.0 Å². The standard InChI is InChI=1S/C23H24Cl2F3N3O3/c1-22(2,3)34-21(33)31-9-8-18(15(12-31)13-4-6-16(24)17(25)10-13)30-20(32)19-7-5-14(11-29-19)23(26,27)28/h4-7,10-11,15,18H,8-9,12H2,1-3H3,(H,30,32)/t15-,18+/m0/s1. The minimum absolute atomic E-state index is 0.143. The van der Waals surface area contributed by atoms with E-state index >= 15 is 0 Å². The average molecular weight is 518 g/mol. The number of likely N-dealkylation sites (tertiary alicyclic amines) is 1. The molecule has 1 aliphatic heterocycles. The second kappa shape index (κ2) is 10.00. The monoisotopic (exact) mass is 517 g/mol. The highest BCUT2D eigenvalue weighted by Crippen LogP contribution is 2.33. The van der Waals surface area contributed by atoms with Crippen molar-refractivity contribution >= 4 is 35.2 Å². The molecule has 184 valence electrons. The fourth-order valence-corrected chi connectivity index (χ4v) is 3.94. The maximum absolute atomic E-state index is 12.8. The Kier molecular flexibility index (Phi) is 7.67.